The molecule has 0 unspecified atom stereocenters. The lowest BCUT2D eigenvalue weighted by molar-refractivity contribution is -0.165. The summed E-state index contributed by atoms with van der Waals surface area (Å²) in [6.45, 7) is 3.67. The zero-order valence-corrected chi connectivity index (χ0v) is 21.7. The van der Waals surface area contributed by atoms with Gasteiger partial charge in [0.25, 0.3) is 0 Å². The van der Waals surface area contributed by atoms with Crippen molar-refractivity contribution in [3.05, 3.63) is 77.6 Å². The van der Waals surface area contributed by atoms with Crippen LogP contribution in [0.2, 0.25) is 0 Å². The molecule has 0 saturated heterocycles. The van der Waals surface area contributed by atoms with Crippen LogP contribution in [0.15, 0.2) is 53.6 Å². The minimum Gasteiger partial charge on any atom is -0.394 e. The normalized spacial score (nSPS) is 14.8. The second-order valence-corrected chi connectivity index (χ2v) is 10.5. The smallest absolute Gasteiger partial charge is 0.394 e. The molecule has 13 heteroatoms. The summed E-state index contributed by atoms with van der Waals surface area (Å²) in [5.74, 6) is -1.25. The fourth-order valence-electron chi connectivity index (χ4n) is 4.22. The summed E-state index contributed by atoms with van der Waals surface area (Å²) in [5, 5.41) is 19.7. The van der Waals surface area contributed by atoms with Crippen LogP contribution in [0.4, 0.5) is 23.4 Å². The maximum atomic E-state index is 14.8. The minimum absolute atomic E-state index is 0.0618. The number of hydrogen-bond donors (Lipinski definition) is 2. The van der Waals surface area contributed by atoms with Gasteiger partial charge in [0, 0.05) is 36.6 Å². The third-order valence-corrected chi connectivity index (χ3v) is 6.99. The zero-order chi connectivity index (χ0) is 28.7. The molecule has 4 aromatic rings. The molecule has 0 bridgehead atoms. The van der Waals surface area contributed by atoms with E-state index in [1.807, 2.05) is 20.0 Å². The Hall–Kier alpha value is -4.13. The van der Waals surface area contributed by atoms with Crippen molar-refractivity contribution in [3.63, 3.8) is 0 Å². The summed E-state index contributed by atoms with van der Waals surface area (Å²) in [7, 11) is 0. The third-order valence-electron chi connectivity index (χ3n) is 6.99. The lowest BCUT2D eigenvalue weighted by atomic mass is 10.0. The highest BCUT2D eigenvalue weighted by atomic mass is 19.4. The molecule has 1 aliphatic carbocycles. The van der Waals surface area contributed by atoms with E-state index < -0.39 is 28.9 Å². The van der Waals surface area contributed by atoms with Crippen molar-refractivity contribution in [2.24, 2.45) is 0 Å². The standard InChI is InChI=1S/C27H26F4N6O3/c1-25(2,15-38)37-14-16(11-34-37)7-22-32-12-19(13-33-22)17-3-4-18(20(28)8-17)9-24(39)35-23-10-21(40-36-23)26(5-6-26)27(29,30)31/h3-4,8,10-14,38H,5-7,9,15H2,1-2H3,(H,35,36,39). The summed E-state index contributed by atoms with van der Waals surface area (Å²) in [4.78, 5) is 21.1. The van der Waals surface area contributed by atoms with Gasteiger partial charge in [-0.3, -0.25) is 9.48 Å². The average molecular weight is 559 g/mol. The number of nitrogens with zero attached hydrogens (tertiary/aromatic N) is 5. The third kappa shape index (κ3) is 5.46. The molecule has 0 aliphatic heterocycles. The first-order valence-corrected chi connectivity index (χ1v) is 12.5. The fraction of sp³-hybridized carbons (Fsp3) is 0.370. The van der Waals surface area contributed by atoms with Gasteiger partial charge in [0.15, 0.2) is 11.6 Å². The van der Waals surface area contributed by atoms with E-state index in [4.69, 9.17) is 4.52 Å². The molecule has 0 spiro atoms. The number of carbonyl (C=O) groups excluding carboxylic acids is 1. The van der Waals surface area contributed by atoms with E-state index in [1.165, 1.54) is 12.1 Å². The molecule has 1 aromatic carbocycles. The van der Waals surface area contributed by atoms with Crippen molar-refractivity contribution < 1.29 is 32.0 Å². The molecule has 0 atom stereocenters. The molecule has 1 saturated carbocycles. The Balaban J connectivity index is 1.20. The summed E-state index contributed by atoms with van der Waals surface area (Å²) in [6.07, 6.45) is 2.07. The van der Waals surface area contributed by atoms with E-state index in [1.54, 1.807) is 29.3 Å². The van der Waals surface area contributed by atoms with Gasteiger partial charge in [-0.15, -0.1) is 0 Å². The average Bonchev–Trinajstić information content (AvgIpc) is 3.38. The van der Waals surface area contributed by atoms with Gasteiger partial charge in [0.1, 0.15) is 17.1 Å². The van der Waals surface area contributed by atoms with Gasteiger partial charge < -0.3 is 14.9 Å². The highest BCUT2D eigenvalue weighted by molar-refractivity contribution is 5.91. The molecule has 3 aromatic heterocycles. The Morgan fingerprint density at radius 1 is 1.12 bits per heavy atom. The fourth-order valence-corrected chi connectivity index (χ4v) is 4.22. The van der Waals surface area contributed by atoms with Crippen LogP contribution < -0.4 is 5.32 Å². The first kappa shape index (κ1) is 27.4. The number of hydrogen-bond acceptors (Lipinski definition) is 7. The lowest BCUT2D eigenvalue weighted by Crippen LogP contribution is -2.30. The van der Waals surface area contributed by atoms with Gasteiger partial charge in [-0.1, -0.05) is 17.3 Å². The number of anilines is 1. The minimum atomic E-state index is -4.47. The summed E-state index contributed by atoms with van der Waals surface area (Å²) in [6, 6.07) is 5.39. The quantitative estimate of drug-likeness (QED) is 0.289. The number of benzene rings is 1. The van der Waals surface area contributed by atoms with Crippen LogP contribution in [0.3, 0.4) is 0 Å². The number of aliphatic hydroxyl groups excluding tert-OH is 1. The van der Waals surface area contributed by atoms with Gasteiger partial charge >= 0.3 is 6.18 Å². The second-order valence-electron chi connectivity index (χ2n) is 10.5. The molecule has 210 valence electrons. The van der Waals surface area contributed by atoms with Crippen molar-refractivity contribution in [2.75, 3.05) is 11.9 Å². The molecule has 5 rings (SSSR count). The van der Waals surface area contributed by atoms with Crippen LogP contribution >= 0.6 is 0 Å². The number of halogens is 4. The van der Waals surface area contributed by atoms with Crippen LogP contribution in [-0.2, 0) is 28.6 Å². The molecule has 1 fully saturated rings. The van der Waals surface area contributed by atoms with E-state index in [0.717, 1.165) is 11.6 Å². The second kappa shape index (κ2) is 10.1. The SMILES string of the molecule is CC(C)(CO)n1cc(Cc2ncc(-c3ccc(CC(=O)Nc4cc(C5(C(F)(F)F)CC5)on4)c(F)c3)cn2)cn1. The molecule has 3 heterocycles. The van der Waals surface area contributed by atoms with Crippen LogP contribution in [0, 0.1) is 5.82 Å². The topological polar surface area (TPSA) is 119 Å². The van der Waals surface area contributed by atoms with Crippen LogP contribution in [-0.4, -0.2) is 48.7 Å². The van der Waals surface area contributed by atoms with Crippen LogP contribution in [0.1, 0.15) is 49.4 Å². The van der Waals surface area contributed by atoms with Crippen molar-refractivity contribution in [3.8, 4) is 11.1 Å². The van der Waals surface area contributed by atoms with Gasteiger partial charge in [0.2, 0.25) is 5.91 Å². The van der Waals surface area contributed by atoms with Gasteiger partial charge in [-0.2, -0.15) is 18.3 Å². The number of aromatic nitrogens is 5. The molecule has 1 aliphatic rings. The molecule has 0 radical (unpaired) electrons. The highest BCUT2D eigenvalue weighted by Gasteiger charge is 2.66. The number of carbonyl (C=O) groups is 1. The van der Waals surface area contributed by atoms with Crippen molar-refractivity contribution in [1.82, 2.24) is 24.9 Å². The Kier molecular flexibility index (Phi) is 6.94. The van der Waals surface area contributed by atoms with Crippen LogP contribution in [0.5, 0.6) is 0 Å². The maximum absolute atomic E-state index is 14.8. The lowest BCUT2D eigenvalue weighted by Gasteiger charge is -2.22. The number of rotatable bonds is 9. The Bertz CT molecular complexity index is 1520. The molecule has 9 nitrogen and oxygen atoms in total. The van der Waals surface area contributed by atoms with Gasteiger partial charge in [-0.05, 0) is 49.4 Å². The van der Waals surface area contributed by atoms with E-state index in [-0.39, 0.29) is 43.0 Å². The number of amides is 1. The molecule has 1 amide bonds. The molecular formula is C27H26F4N6O3. The molecular weight excluding hydrogens is 532 g/mol. The summed E-state index contributed by atoms with van der Waals surface area (Å²) >= 11 is 0. The number of alkyl halides is 3. The first-order valence-electron chi connectivity index (χ1n) is 12.5. The molecule has 2 N–H and O–H groups in total. The summed E-state index contributed by atoms with van der Waals surface area (Å²) in [5.41, 5.74) is -0.529. The monoisotopic (exact) mass is 558 g/mol. The largest absolute Gasteiger partial charge is 0.401 e. The Morgan fingerprint density at radius 2 is 1.85 bits per heavy atom. The van der Waals surface area contributed by atoms with Crippen molar-refractivity contribution in [2.45, 2.75) is 56.7 Å². The Labute approximate surface area is 226 Å². The number of aliphatic hydroxyl groups is 1. The summed E-state index contributed by atoms with van der Waals surface area (Å²) < 4.78 is 61.1. The molecule has 40 heavy (non-hydrogen) atoms. The highest BCUT2D eigenvalue weighted by Crippen LogP contribution is 2.59. The van der Waals surface area contributed by atoms with Gasteiger partial charge in [-0.25, -0.2) is 14.4 Å². The number of nitrogens with one attached hydrogen (secondary N) is 1. The van der Waals surface area contributed by atoms with Crippen molar-refractivity contribution >= 4 is 11.7 Å². The van der Waals surface area contributed by atoms with E-state index in [2.05, 4.69) is 25.5 Å². The van der Waals surface area contributed by atoms with Crippen molar-refractivity contribution in [1.29, 1.82) is 0 Å². The Morgan fingerprint density at radius 3 is 2.48 bits per heavy atom. The van der Waals surface area contributed by atoms with Gasteiger partial charge in [0.05, 0.1) is 24.8 Å². The van der Waals surface area contributed by atoms with E-state index in [9.17, 15) is 27.5 Å². The van der Waals surface area contributed by atoms with Crippen LogP contribution in [0.25, 0.3) is 11.1 Å². The predicted octanol–water partition coefficient (Wildman–Crippen LogP) is 4.56. The maximum Gasteiger partial charge on any atom is 0.401 e. The van der Waals surface area contributed by atoms with E-state index in [0.29, 0.717) is 23.4 Å². The first-order chi connectivity index (χ1) is 18.9. The predicted molar refractivity (Wildman–Crippen MR) is 135 cm³/mol. The van der Waals surface area contributed by atoms with E-state index >= 15 is 0 Å². The zero-order valence-electron chi connectivity index (χ0n) is 21.7.